The molecule has 0 saturated heterocycles. The third-order valence-electron chi connectivity index (χ3n) is 2.18. The average molecular weight is 246 g/mol. The molecule has 0 atom stereocenters. The first kappa shape index (κ1) is 11.6. The lowest BCUT2D eigenvalue weighted by Gasteiger charge is -2.06. The van der Waals surface area contributed by atoms with Crippen LogP contribution in [0.2, 0.25) is 0 Å². The molecule has 1 N–H and O–H groups in total. The Morgan fingerprint density at radius 3 is 2.71 bits per heavy atom. The standard InChI is InChI=1S/C12H10N2O2S/c1-8-5-7-14-11(10(8)12(15)16)17-9-4-2-3-6-13-9/h2-7H,1H3,(H,15,16). The Morgan fingerprint density at radius 2 is 2.06 bits per heavy atom. The Kier molecular flexibility index (Phi) is 3.39. The third-order valence-corrected chi connectivity index (χ3v) is 3.13. The molecule has 5 heteroatoms. The number of aryl methyl sites for hydroxylation is 1. The van der Waals surface area contributed by atoms with Crippen molar-refractivity contribution in [3.8, 4) is 0 Å². The van der Waals surface area contributed by atoms with Crippen LogP contribution in [0.3, 0.4) is 0 Å². The van der Waals surface area contributed by atoms with Crippen LogP contribution >= 0.6 is 11.8 Å². The van der Waals surface area contributed by atoms with Crippen molar-refractivity contribution in [3.63, 3.8) is 0 Å². The SMILES string of the molecule is Cc1ccnc(Sc2ccccn2)c1C(=O)O. The second kappa shape index (κ2) is 4.97. The predicted octanol–water partition coefficient (Wildman–Crippen LogP) is 2.63. The molecule has 2 rings (SSSR count). The molecule has 0 radical (unpaired) electrons. The molecular weight excluding hydrogens is 236 g/mol. The van der Waals surface area contributed by atoms with Crippen LogP contribution in [0.4, 0.5) is 0 Å². The number of carbonyl (C=O) groups is 1. The summed E-state index contributed by atoms with van der Waals surface area (Å²) in [4.78, 5) is 19.4. The number of carboxylic acid groups (broad SMARTS) is 1. The molecule has 0 aliphatic heterocycles. The van der Waals surface area contributed by atoms with Crippen molar-refractivity contribution in [1.29, 1.82) is 0 Å². The summed E-state index contributed by atoms with van der Waals surface area (Å²) in [5.41, 5.74) is 0.939. The van der Waals surface area contributed by atoms with Crippen LogP contribution in [0.15, 0.2) is 46.7 Å². The second-order valence-corrected chi connectivity index (χ2v) is 4.39. The van der Waals surface area contributed by atoms with Crippen molar-refractivity contribution >= 4 is 17.7 Å². The van der Waals surface area contributed by atoms with Gasteiger partial charge in [0.1, 0.15) is 10.1 Å². The van der Waals surface area contributed by atoms with Crippen LogP contribution in [0.25, 0.3) is 0 Å². The fourth-order valence-electron chi connectivity index (χ4n) is 1.38. The van der Waals surface area contributed by atoms with Crippen molar-refractivity contribution in [2.24, 2.45) is 0 Å². The zero-order valence-electron chi connectivity index (χ0n) is 9.12. The highest BCUT2D eigenvalue weighted by atomic mass is 32.2. The van der Waals surface area contributed by atoms with Gasteiger partial charge in [-0.05, 0) is 42.4 Å². The van der Waals surface area contributed by atoms with E-state index in [0.29, 0.717) is 10.6 Å². The minimum absolute atomic E-state index is 0.239. The maximum absolute atomic E-state index is 11.2. The van der Waals surface area contributed by atoms with E-state index in [0.717, 1.165) is 5.03 Å². The number of aromatic nitrogens is 2. The van der Waals surface area contributed by atoms with Crippen LogP contribution in [0.1, 0.15) is 15.9 Å². The monoisotopic (exact) mass is 246 g/mol. The lowest BCUT2D eigenvalue weighted by molar-refractivity contribution is 0.0691. The van der Waals surface area contributed by atoms with E-state index in [9.17, 15) is 4.79 Å². The quantitative estimate of drug-likeness (QED) is 0.902. The Hall–Kier alpha value is -1.88. The fourth-order valence-corrected chi connectivity index (χ4v) is 2.30. The molecule has 0 aromatic carbocycles. The Morgan fingerprint density at radius 1 is 1.24 bits per heavy atom. The topological polar surface area (TPSA) is 63.1 Å². The normalized spacial score (nSPS) is 10.2. The van der Waals surface area contributed by atoms with E-state index in [1.54, 1.807) is 25.4 Å². The molecule has 0 saturated carbocycles. The van der Waals surface area contributed by atoms with Gasteiger partial charge in [-0.25, -0.2) is 14.8 Å². The van der Waals surface area contributed by atoms with Gasteiger partial charge < -0.3 is 5.11 Å². The van der Waals surface area contributed by atoms with E-state index in [1.807, 2.05) is 18.2 Å². The smallest absolute Gasteiger partial charge is 0.338 e. The molecule has 86 valence electrons. The van der Waals surface area contributed by atoms with Crippen molar-refractivity contribution < 1.29 is 9.90 Å². The lowest BCUT2D eigenvalue weighted by Crippen LogP contribution is -2.03. The molecule has 2 aromatic heterocycles. The molecule has 2 aromatic rings. The molecular formula is C12H10N2O2S. The lowest BCUT2D eigenvalue weighted by atomic mass is 10.2. The van der Waals surface area contributed by atoms with Gasteiger partial charge in [-0.15, -0.1) is 0 Å². The minimum Gasteiger partial charge on any atom is -0.478 e. The van der Waals surface area contributed by atoms with Crippen LogP contribution in [-0.2, 0) is 0 Å². The van der Waals surface area contributed by atoms with Gasteiger partial charge in [-0.1, -0.05) is 6.07 Å². The summed E-state index contributed by atoms with van der Waals surface area (Å²) in [6, 6.07) is 7.17. The molecule has 0 spiro atoms. The fraction of sp³-hybridized carbons (Fsp3) is 0.0833. The summed E-state index contributed by atoms with van der Waals surface area (Å²) in [7, 11) is 0. The first-order chi connectivity index (χ1) is 8.18. The molecule has 0 aliphatic rings. The number of carboxylic acids is 1. The van der Waals surface area contributed by atoms with Crippen LogP contribution < -0.4 is 0 Å². The summed E-state index contributed by atoms with van der Waals surface area (Å²) >= 11 is 1.25. The van der Waals surface area contributed by atoms with Crippen molar-refractivity contribution in [2.75, 3.05) is 0 Å². The molecule has 17 heavy (non-hydrogen) atoms. The summed E-state index contributed by atoms with van der Waals surface area (Å²) in [6.07, 6.45) is 3.27. The highest BCUT2D eigenvalue weighted by Gasteiger charge is 2.15. The highest BCUT2D eigenvalue weighted by Crippen LogP contribution is 2.28. The molecule has 0 amide bonds. The summed E-state index contributed by atoms with van der Waals surface area (Å²) in [6.45, 7) is 1.76. The number of nitrogens with zero attached hydrogens (tertiary/aromatic N) is 2. The molecule has 0 fully saturated rings. The van der Waals surface area contributed by atoms with Gasteiger partial charge >= 0.3 is 5.97 Å². The van der Waals surface area contributed by atoms with Crippen LogP contribution in [-0.4, -0.2) is 21.0 Å². The van der Waals surface area contributed by atoms with E-state index in [-0.39, 0.29) is 5.56 Å². The van der Waals surface area contributed by atoms with Gasteiger partial charge in [0.2, 0.25) is 0 Å². The van der Waals surface area contributed by atoms with Crippen molar-refractivity contribution in [1.82, 2.24) is 9.97 Å². The number of hydrogen-bond acceptors (Lipinski definition) is 4. The molecule has 2 heterocycles. The largest absolute Gasteiger partial charge is 0.478 e. The zero-order chi connectivity index (χ0) is 12.3. The van der Waals surface area contributed by atoms with E-state index >= 15 is 0 Å². The molecule has 0 aliphatic carbocycles. The first-order valence-corrected chi connectivity index (χ1v) is 5.78. The van der Waals surface area contributed by atoms with Gasteiger partial charge in [-0.2, -0.15) is 0 Å². The highest BCUT2D eigenvalue weighted by molar-refractivity contribution is 7.99. The average Bonchev–Trinajstić information content (AvgIpc) is 2.30. The molecule has 0 bridgehead atoms. The number of pyridine rings is 2. The van der Waals surface area contributed by atoms with Gasteiger partial charge in [0.15, 0.2) is 0 Å². The zero-order valence-corrected chi connectivity index (χ0v) is 9.94. The first-order valence-electron chi connectivity index (χ1n) is 4.96. The maximum atomic E-state index is 11.2. The van der Waals surface area contributed by atoms with Gasteiger partial charge in [0.25, 0.3) is 0 Å². The molecule has 4 nitrogen and oxygen atoms in total. The van der Waals surface area contributed by atoms with Crippen LogP contribution in [0, 0.1) is 6.92 Å². The number of aromatic carboxylic acids is 1. The summed E-state index contributed by atoms with van der Waals surface area (Å²) in [5.74, 6) is -0.964. The van der Waals surface area contributed by atoms with Gasteiger partial charge in [-0.3, -0.25) is 0 Å². The third kappa shape index (κ3) is 2.62. The van der Waals surface area contributed by atoms with Crippen molar-refractivity contribution in [3.05, 3.63) is 47.8 Å². The Balaban J connectivity index is 2.40. The number of rotatable bonds is 3. The van der Waals surface area contributed by atoms with Gasteiger partial charge in [0, 0.05) is 12.4 Å². The number of hydrogen-bond donors (Lipinski definition) is 1. The van der Waals surface area contributed by atoms with E-state index < -0.39 is 5.97 Å². The molecule has 0 unspecified atom stereocenters. The maximum Gasteiger partial charge on any atom is 0.338 e. The van der Waals surface area contributed by atoms with Gasteiger partial charge in [0.05, 0.1) is 5.56 Å². The Bertz CT molecular complexity index is 543. The second-order valence-electron chi connectivity index (χ2n) is 3.38. The minimum atomic E-state index is -0.964. The van der Waals surface area contributed by atoms with E-state index in [1.165, 1.54) is 11.8 Å². The summed E-state index contributed by atoms with van der Waals surface area (Å²) in [5, 5.41) is 10.3. The van der Waals surface area contributed by atoms with Crippen molar-refractivity contribution in [2.45, 2.75) is 17.0 Å². The van der Waals surface area contributed by atoms with Crippen LogP contribution in [0.5, 0.6) is 0 Å². The summed E-state index contributed by atoms with van der Waals surface area (Å²) < 4.78 is 0. The van der Waals surface area contributed by atoms with E-state index in [4.69, 9.17) is 5.11 Å². The van der Waals surface area contributed by atoms with E-state index in [2.05, 4.69) is 9.97 Å². The Labute approximate surface area is 103 Å². The predicted molar refractivity (Wildman–Crippen MR) is 64.3 cm³/mol.